The zero-order chi connectivity index (χ0) is 14.4. The Kier molecular flexibility index (Phi) is 5.07. The Bertz CT molecular complexity index is 560. The van der Waals surface area contributed by atoms with Crippen LogP contribution in [0.4, 0.5) is 4.39 Å². The van der Waals surface area contributed by atoms with E-state index in [0.717, 1.165) is 11.3 Å². The minimum atomic E-state index is -0.179. The number of halogens is 1. The lowest BCUT2D eigenvalue weighted by molar-refractivity contribution is 0.338. The maximum atomic E-state index is 13.7. The van der Waals surface area contributed by atoms with E-state index in [2.05, 4.69) is 10.3 Å². The second-order valence-corrected chi connectivity index (χ2v) is 4.52. The van der Waals surface area contributed by atoms with E-state index in [1.165, 1.54) is 6.07 Å². The lowest BCUT2D eigenvalue weighted by Gasteiger charge is -2.17. The Morgan fingerprint density at radius 2 is 2.10 bits per heavy atom. The second-order valence-electron chi connectivity index (χ2n) is 4.52. The zero-order valence-electron chi connectivity index (χ0n) is 11.8. The summed E-state index contributed by atoms with van der Waals surface area (Å²) in [5.74, 6) is 0.556. The average Bonchev–Trinajstić information content (AvgIpc) is 2.47. The van der Waals surface area contributed by atoms with Crippen molar-refractivity contribution in [2.75, 3.05) is 13.7 Å². The highest BCUT2D eigenvalue weighted by Crippen LogP contribution is 2.22. The summed E-state index contributed by atoms with van der Waals surface area (Å²) >= 11 is 0. The fourth-order valence-corrected chi connectivity index (χ4v) is 2.14. The molecule has 0 bridgehead atoms. The van der Waals surface area contributed by atoms with Crippen molar-refractivity contribution in [3.05, 3.63) is 59.7 Å². The van der Waals surface area contributed by atoms with Crippen molar-refractivity contribution in [3.63, 3.8) is 0 Å². The van der Waals surface area contributed by atoms with E-state index in [-0.39, 0.29) is 11.9 Å². The molecule has 1 heterocycles. The number of hydrogen-bond acceptors (Lipinski definition) is 3. The first-order chi connectivity index (χ1) is 9.74. The SMILES string of the molecule is CCOc1cncc(C(Cc2ccccc2F)NC)c1. The molecule has 1 atom stereocenters. The Morgan fingerprint density at radius 3 is 2.80 bits per heavy atom. The average molecular weight is 274 g/mol. The molecule has 3 nitrogen and oxygen atoms in total. The summed E-state index contributed by atoms with van der Waals surface area (Å²) in [4.78, 5) is 4.18. The quantitative estimate of drug-likeness (QED) is 0.878. The first kappa shape index (κ1) is 14.5. The van der Waals surface area contributed by atoms with Crippen LogP contribution in [0, 0.1) is 5.82 Å². The van der Waals surface area contributed by atoms with Crippen molar-refractivity contribution >= 4 is 0 Å². The van der Waals surface area contributed by atoms with Gasteiger partial charge < -0.3 is 10.1 Å². The largest absolute Gasteiger partial charge is 0.492 e. The Morgan fingerprint density at radius 1 is 1.30 bits per heavy atom. The van der Waals surface area contributed by atoms with Crippen LogP contribution in [0.1, 0.15) is 24.1 Å². The molecule has 106 valence electrons. The van der Waals surface area contributed by atoms with Gasteiger partial charge >= 0.3 is 0 Å². The van der Waals surface area contributed by atoms with Crippen LogP contribution in [-0.4, -0.2) is 18.6 Å². The molecule has 1 unspecified atom stereocenters. The summed E-state index contributed by atoms with van der Waals surface area (Å²) in [5, 5.41) is 3.20. The van der Waals surface area contributed by atoms with Crippen molar-refractivity contribution in [1.29, 1.82) is 0 Å². The maximum Gasteiger partial charge on any atom is 0.137 e. The molecule has 0 aliphatic heterocycles. The van der Waals surface area contributed by atoms with Crippen molar-refractivity contribution < 1.29 is 9.13 Å². The smallest absolute Gasteiger partial charge is 0.137 e. The van der Waals surface area contributed by atoms with Gasteiger partial charge in [0, 0.05) is 12.2 Å². The number of pyridine rings is 1. The van der Waals surface area contributed by atoms with E-state index >= 15 is 0 Å². The molecule has 0 aliphatic carbocycles. The molecule has 4 heteroatoms. The molecule has 1 aromatic carbocycles. The van der Waals surface area contributed by atoms with Crippen LogP contribution in [0.5, 0.6) is 5.75 Å². The molecule has 1 aromatic heterocycles. The first-order valence-corrected chi connectivity index (χ1v) is 6.73. The third kappa shape index (κ3) is 3.54. The van der Waals surface area contributed by atoms with E-state index in [9.17, 15) is 4.39 Å². The molecule has 0 saturated heterocycles. The second kappa shape index (κ2) is 7.01. The number of benzene rings is 1. The van der Waals surface area contributed by atoms with Gasteiger partial charge in [0.1, 0.15) is 11.6 Å². The zero-order valence-corrected chi connectivity index (χ0v) is 11.8. The highest BCUT2D eigenvalue weighted by molar-refractivity contribution is 5.28. The van der Waals surface area contributed by atoms with E-state index in [0.29, 0.717) is 18.6 Å². The number of aromatic nitrogens is 1. The third-order valence-corrected chi connectivity index (χ3v) is 3.18. The third-order valence-electron chi connectivity index (χ3n) is 3.18. The molecule has 0 saturated carbocycles. The minimum absolute atomic E-state index is 0.000180. The van der Waals surface area contributed by atoms with Crippen molar-refractivity contribution in [2.24, 2.45) is 0 Å². The number of rotatable bonds is 6. The highest BCUT2D eigenvalue weighted by Gasteiger charge is 2.13. The molecule has 0 radical (unpaired) electrons. The van der Waals surface area contributed by atoms with E-state index < -0.39 is 0 Å². The fraction of sp³-hybridized carbons (Fsp3) is 0.312. The van der Waals surface area contributed by atoms with E-state index in [1.807, 2.05) is 26.1 Å². The van der Waals surface area contributed by atoms with Gasteiger partial charge in [-0.15, -0.1) is 0 Å². The predicted molar refractivity (Wildman–Crippen MR) is 77.3 cm³/mol. The molecule has 0 spiro atoms. The minimum Gasteiger partial charge on any atom is -0.492 e. The summed E-state index contributed by atoms with van der Waals surface area (Å²) in [5.41, 5.74) is 1.68. The molecule has 1 N–H and O–H groups in total. The van der Waals surface area contributed by atoms with Gasteiger partial charge in [-0.1, -0.05) is 18.2 Å². The molecule has 2 aromatic rings. The summed E-state index contributed by atoms with van der Waals surface area (Å²) in [7, 11) is 1.86. The highest BCUT2D eigenvalue weighted by atomic mass is 19.1. The first-order valence-electron chi connectivity index (χ1n) is 6.73. The lowest BCUT2D eigenvalue weighted by atomic mass is 10.00. The van der Waals surface area contributed by atoms with Gasteiger partial charge in [0.15, 0.2) is 0 Å². The molecule has 0 fully saturated rings. The van der Waals surface area contributed by atoms with E-state index in [4.69, 9.17) is 4.74 Å². The van der Waals surface area contributed by atoms with E-state index in [1.54, 1.807) is 24.5 Å². The number of hydrogen-bond donors (Lipinski definition) is 1. The van der Waals surface area contributed by atoms with Crippen LogP contribution in [0.15, 0.2) is 42.7 Å². The van der Waals surface area contributed by atoms with Crippen LogP contribution in [0.3, 0.4) is 0 Å². The van der Waals surface area contributed by atoms with Gasteiger partial charge in [-0.3, -0.25) is 4.98 Å². The monoisotopic (exact) mass is 274 g/mol. The Labute approximate surface area is 118 Å². The normalized spacial score (nSPS) is 12.2. The van der Waals surface area contributed by atoms with Crippen molar-refractivity contribution in [1.82, 2.24) is 10.3 Å². The van der Waals surface area contributed by atoms with Crippen LogP contribution < -0.4 is 10.1 Å². The molecule has 2 rings (SSSR count). The predicted octanol–water partition coefficient (Wildman–Crippen LogP) is 3.12. The van der Waals surface area contributed by atoms with Crippen LogP contribution in [-0.2, 0) is 6.42 Å². The van der Waals surface area contributed by atoms with Gasteiger partial charge in [0.05, 0.1) is 12.8 Å². The number of ether oxygens (including phenoxy) is 1. The molecule has 0 aliphatic rings. The summed E-state index contributed by atoms with van der Waals surface area (Å²) in [6.45, 7) is 2.53. The van der Waals surface area contributed by atoms with Gasteiger partial charge in [0.2, 0.25) is 0 Å². The number of nitrogens with zero attached hydrogens (tertiary/aromatic N) is 1. The standard InChI is InChI=1S/C16H19FN2O/c1-3-20-14-8-13(10-19-11-14)16(18-2)9-12-6-4-5-7-15(12)17/h4-8,10-11,16,18H,3,9H2,1-2H3. The Balaban J connectivity index is 2.20. The van der Waals surface area contributed by atoms with Crippen molar-refractivity contribution in [2.45, 2.75) is 19.4 Å². The molecule has 20 heavy (non-hydrogen) atoms. The summed E-state index contributed by atoms with van der Waals surface area (Å²) < 4.78 is 19.2. The maximum absolute atomic E-state index is 13.7. The van der Waals surface area contributed by atoms with Gasteiger partial charge in [-0.25, -0.2) is 4.39 Å². The summed E-state index contributed by atoms with van der Waals surface area (Å²) in [6, 6.07) is 8.78. The Hall–Kier alpha value is -1.94. The molecule has 0 amide bonds. The number of likely N-dealkylation sites (N-methyl/N-ethyl adjacent to an activating group) is 1. The summed E-state index contributed by atoms with van der Waals surface area (Å²) in [6.07, 6.45) is 4.04. The fourth-order valence-electron chi connectivity index (χ4n) is 2.14. The lowest BCUT2D eigenvalue weighted by Crippen LogP contribution is -2.19. The molecular formula is C16H19FN2O. The topological polar surface area (TPSA) is 34.1 Å². The van der Waals surface area contributed by atoms with Crippen molar-refractivity contribution in [3.8, 4) is 5.75 Å². The van der Waals surface area contributed by atoms with Gasteiger partial charge in [0.25, 0.3) is 0 Å². The van der Waals surface area contributed by atoms with Gasteiger partial charge in [-0.2, -0.15) is 0 Å². The van der Waals surface area contributed by atoms with Crippen LogP contribution in [0.2, 0.25) is 0 Å². The number of nitrogens with one attached hydrogen (secondary N) is 1. The molecular weight excluding hydrogens is 255 g/mol. The van der Waals surface area contributed by atoms with Crippen LogP contribution in [0.25, 0.3) is 0 Å². The van der Waals surface area contributed by atoms with Gasteiger partial charge in [-0.05, 0) is 43.7 Å². The van der Waals surface area contributed by atoms with Crippen LogP contribution >= 0.6 is 0 Å².